The summed E-state index contributed by atoms with van der Waals surface area (Å²) >= 11 is 5.71. The first kappa shape index (κ1) is 13.8. The van der Waals surface area contributed by atoms with Crippen molar-refractivity contribution in [2.24, 2.45) is 0 Å². The summed E-state index contributed by atoms with van der Waals surface area (Å²) in [5.74, 6) is -0.0562. The van der Waals surface area contributed by atoms with Crippen LogP contribution in [0.4, 0.5) is 0 Å². The second-order valence-corrected chi connectivity index (χ2v) is 4.12. The second kappa shape index (κ2) is 6.04. The third-order valence-corrected chi connectivity index (χ3v) is 2.66. The highest BCUT2D eigenvalue weighted by molar-refractivity contribution is 6.29. The minimum atomic E-state index is -0.586. The van der Waals surface area contributed by atoms with Crippen molar-refractivity contribution in [2.75, 3.05) is 7.11 Å². The molecule has 1 aromatic carbocycles. The largest absolute Gasteiger partial charge is 0.493 e. The summed E-state index contributed by atoms with van der Waals surface area (Å²) in [6.07, 6.45) is 1.41. The Hall–Kier alpha value is -2.58. The maximum atomic E-state index is 12.0. The lowest BCUT2D eigenvalue weighted by atomic mass is 10.2. The van der Waals surface area contributed by atoms with E-state index in [0.717, 1.165) is 0 Å². The van der Waals surface area contributed by atoms with Gasteiger partial charge in [0.2, 0.25) is 0 Å². The molecule has 5 nitrogen and oxygen atoms in total. The molecule has 2 aromatic rings. The molecule has 0 unspecified atom stereocenters. The molecule has 0 fully saturated rings. The lowest BCUT2D eigenvalue weighted by Gasteiger charge is -2.09. The smallest absolute Gasteiger partial charge is 0.343 e. The van der Waals surface area contributed by atoms with Gasteiger partial charge in [-0.2, -0.15) is 5.26 Å². The van der Waals surface area contributed by atoms with E-state index in [2.05, 4.69) is 4.98 Å². The zero-order valence-electron chi connectivity index (χ0n) is 10.5. The van der Waals surface area contributed by atoms with E-state index >= 15 is 0 Å². The minimum Gasteiger partial charge on any atom is -0.493 e. The van der Waals surface area contributed by atoms with E-state index in [1.54, 1.807) is 0 Å². The van der Waals surface area contributed by atoms with Gasteiger partial charge in [0.1, 0.15) is 5.15 Å². The molecule has 0 atom stereocenters. The zero-order chi connectivity index (χ0) is 14.5. The fourth-order valence-electron chi connectivity index (χ4n) is 1.51. The fraction of sp³-hybridized carbons (Fsp3) is 0.0714. The maximum absolute atomic E-state index is 12.0. The summed E-state index contributed by atoms with van der Waals surface area (Å²) in [6.45, 7) is 0. The highest BCUT2D eigenvalue weighted by Crippen LogP contribution is 2.28. The van der Waals surface area contributed by atoms with Crippen molar-refractivity contribution in [3.8, 4) is 17.6 Å². The molecule has 0 spiro atoms. The number of aromatic nitrogens is 1. The van der Waals surface area contributed by atoms with Crippen molar-refractivity contribution in [1.29, 1.82) is 5.26 Å². The van der Waals surface area contributed by atoms with Crippen LogP contribution in [-0.4, -0.2) is 18.1 Å². The molecule has 0 amide bonds. The summed E-state index contributed by atoms with van der Waals surface area (Å²) < 4.78 is 10.3. The van der Waals surface area contributed by atoms with Crippen LogP contribution in [0.3, 0.4) is 0 Å². The van der Waals surface area contributed by atoms with Crippen molar-refractivity contribution in [1.82, 2.24) is 4.98 Å². The Balaban J connectivity index is 2.26. The topological polar surface area (TPSA) is 72.2 Å². The molecule has 0 aliphatic heterocycles. The van der Waals surface area contributed by atoms with Gasteiger partial charge in [-0.15, -0.1) is 0 Å². The Labute approximate surface area is 120 Å². The number of nitriles is 1. The molecule has 20 heavy (non-hydrogen) atoms. The predicted molar refractivity (Wildman–Crippen MR) is 71.9 cm³/mol. The van der Waals surface area contributed by atoms with E-state index in [9.17, 15) is 4.79 Å². The van der Waals surface area contributed by atoms with E-state index in [-0.39, 0.29) is 16.5 Å². The van der Waals surface area contributed by atoms with E-state index in [1.807, 2.05) is 6.07 Å². The van der Waals surface area contributed by atoms with Crippen LogP contribution in [0, 0.1) is 11.3 Å². The fourth-order valence-corrected chi connectivity index (χ4v) is 1.68. The van der Waals surface area contributed by atoms with Gasteiger partial charge >= 0.3 is 5.97 Å². The van der Waals surface area contributed by atoms with Gasteiger partial charge in [-0.25, -0.2) is 9.78 Å². The van der Waals surface area contributed by atoms with Gasteiger partial charge < -0.3 is 9.47 Å². The van der Waals surface area contributed by atoms with Crippen LogP contribution in [0.25, 0.3) is 0 Å². The van der Waals surface area contributed by atoms with Gasteiger partial charge in [-0.1, -0.05) is 11.6 Å². The molecule has 1 aromatic heterocycles. The van der Waals surface area contributed by atoms with Crippen molar-refractivity contribution in [2.45, 2.75) is 0 Å². The summed E-state index contributed by atoms with van der Waals surface area (Å²) in [5, 5.41) is 9.00. The number of halogens is 1. The van der Waals surface area contributed by atoms with Gasteiger partial charge in [0.05, 0.1) is 24.3 Å². The molecular formula is C14H9ClN2O3. The average Bonchev–Trinajstić information content (AvgIpc) is 2.47. The normalized spacial score (nSPS) is 9.65. The lowest BCUT2D eigenvalue weighted by Crippen LogP contribution is -2.09. The Morgan fingerprint density at radius 2 is 2.10 bits per heavy atom. The first-order valence-electron chi connectivity index (χ1n) is 5.56. The number of carbonyl (C=O) groups excluding carboxylic acids is 1. The SMILES string of the molecule is COc1cc(C#N)ccc1OC(=O)c1ccnc(Cl)c1. The molecule has 6 heteroatoms. The first-order chi connectivity index (χ1) is 9.63. The number of carbonyl (C=O) groups is 1. The van der Waals surface area contributed by atoms with Gasteiger partial charge in [0.25, 0.3) is 0 Å². The highest BCUT2D eigenvalue weighted by Gasteiger charge is 2.13. The second-order valence-electron chi connectivity index (χ2n) is 3.73. The number of ether oxygens (including phenoxy) is 2. The van der Waals surface area contributed by atoms with Crippen LogP contribution >= 0.6 is 11.6 Å². The van der Waals surface area contributed by atoms with Crippen LogP contribution in [0.1, 0.15) is 15.9 Å². The molecule has 0 aliphatic rings. The number of rotatable bonds is 3. The number of methoxy groups -OCH3 is 1. The Morgan fingerprint density at radius 1 is 1.30 bits per heavy atom. The Morgan fingerprint density at radius 3 is 2.75 bits per heavy atom. The van der Waals surface area contributed by atoms with Gasteiger partial charge in [-0.05, 0) is 24.3 Å². The third-order valence-electron chi connectivity index (χ3n) is 2.46. The quantitative estimate of drug-likeness (QED) is 0.493. The number of benzene rings is 1. The number of nitrogens with zero attached hydrogens (tertiary/aromatic N) is 2. The Kier molecular flexibility index (Phi) is 4.18. The number of hydrogen-bond acceptors (Lipinski definition) is 5. The van der Waals surface area contributed by atoms with Crippen molar-refractivity contribution >= 4 is 17.6 Å². The molecule has 0 saturated heterocycles. The minimum absolute atomic E-state index is 0.200. The summed E-state index contributed by atoms with van der Waals surface area (Å²) in [7, 11) is 1.43. The molecule has 0 saturated carbocycles. The van der Waals surface area contributed by atoms with Crippen molar-refractivity contribution < 1.29 is 14.3 Å². The summed E-state index contributed by atoms with van der Waals surface area (Å²) in [5.41, 5.74) is 0.685. The number of pyridine rings is 1. The monoisotopic (exact) mass is 288 g/mol. The van der Waals surface area contributed by atoms with Crippen LogP contribution in [-0.2, 0) is 0 Å². The van der Waals surface area contributed by atoms with Crippen LogP contribution < -0.4 is 9.47 Å². The molecule has 0 N–H and O–H groups in total. The van der Waals surface area contributed by atoms with E-state index < -0.39 is 5.97 Å². The number of hydrogen-bond donors (Lipinski definition) is 0. The van der Waals surface area contributed by atoms with E-state index in [0.29, 0.717) is 11.3 Å². The van der Waals surface area contributed by atoms with Crippen LogP contribution in [0.5, 0.6) is 11.5 Å². The molecule has 0 bridgehead atoms. The van der Waals surface area contributed by atoms with Crippen LogP contribution in [0.15, 0.2) is 36.5 Å². The molecule has 1 heterocycles. The van der Waals surface area contributed by atoms with Crippen molar-refractivity contribution in [3.05, 3.63) is 52.8 Å². The molecule has 100 valence electrons. The summed E-state index contributed by atoms with van der Waals surface area (Å²) in [6, 6.07) is 9.39. The van der Waals surface area contributed by atoms with Crippen molar-refractivity contribution in [3.63, 3.8) is 0 Å². The summed E-state index contributed by atoms with van der Waals surface area (Å²) in [4.78, 5) is 15.7. The Bertz CT molecular complexity index is 695. The predicted octanol–water partition coefficient (Wildman–Crippen LogP) is 2.83. The molecule has 0 aliphatic carbocycles. The molecular weight excluding hydrogens is 280 g/mol. The first-order valence-corrected chi connectivity index (χ1v) is 5.93. The maximum Gasteiger partial charge on any atom is 0.343 e. The average molecular weight is 289 g/mol. The van der Waals surface area contributed by atoms with Gasteiger partial charge in [-0.3, -0.25) is 0 Å². The standard InChI is InChI=1S/C14H9ClN2O3/c1-19-12-6-9(8-16)2-3-11(12)20-14(18)10-4-5-17-13(15)7-10/h2-7H,1H3. The lowest BCUT2D eigenvalue weighted by molar-refractivity contribution is 0.0729. The number of esters is 1. The molecule has 0 radical (unpaired) electrons. The van der Waals surface area contributed by atoms with Gasteiger partial charge in [0.15, 0.2) is 11.5 Å². The zero-order valence-corrected chi connectivity index (χ0v) is 11.2. The molecule has 2 rings (SSSR count). The van der Waals surface area contributed by atoms with E-state index in [1.165, 1.54) is 43.6 Å². The third kappa shape index (κ3) is 3.05. The van der Waals surface area contributed by atoms with Gasteiger partial charge in [0, 0.05) is 12.3 Å². The highest BCUT2D eigenvalue weighted by atomic mass is 35.5. The van der Waals surface area contributed by atoms with Crippen LogP contribution in [0.2, 0.25) is 5.15 Å². The van der Waals surface area contributed by atoms with E-state index in [4.69, 9.17) is 26.3 Å².